The van der Waals surface area contributed by atoms with Gasteiger partial charge in [-0.2, -0.15) is 0 Å². The van der Waals surface area contributed by atoms with Crippen LogP contribution in [0.15, 0.2) is 34.5 Å². The summed E-state index contributed by atoms with van der Waals surface area (Å²) >= 11 is 0.668. The number of carbonyl (C=O) groups excluding carboxylic acids is 1. The van der Waals surface area contributed by atoms with Gasteiger partial charge in [-0.1, -0.05) is 12.1 Å². The fourth-order valence-corrected chi connectivity index (χ4v) is 4.56. The number of nitrogens with one attached hydrogen (secondary N) is 2. The first kappa shape index (κ1) is 18.9. The minimum absolute atomic E-state index is 0.0359. The molecule has 9 heteroatoms. The van der Waals surface area contributed by atoms with Gasteiger partial charge in [0.25, 0.3) is 15.9 Å². The summed E-state index contributed by atoms with van der Waals surface area (Å²) in [4.78, 5) is 23.3. The number of thiophene rings is 1. The molecule has 1 amide bonds. The summed E-state index contributed by atoms with van der Waals surface area (Å²) in [6.07, 6.45) is 0. The minimum Gasteiger partial charge on any atom is -0.477 e. The standard InChI is InChI=1S/C16H18N2O5S2/c1-9(2)17-15(19)11-6-4-5-7-12(11)18-25(22,23)13-8-10(3)14(24-13)16(20)21/h4-9,18H,1-3H3,(H,17,19)(H,20,21). The molecule has 2 rings (SSSR count). The van der Waals surface area contributed by atoms with E-state index in [1.54, 1.807) is 26.0 Å². The molecule has 7 nitrogen and oxygen atoms in total. The van der Waals surface area contributed by atoms with Gasteiger partial charge in [-0.25, -0.2) is 13.2 Å². The average Bonchev–Trinajstić information content (AvgIpc) is 2.89. The number of carboxylic acids is 1. The summed E-state index contributed by atoms with van der Waals surface area (Å²) in [6.45, 7) is 5.13. The van der Waals surface area contributed by atoms with Crippen LogP contribution in [0.25, 0.3) is 0 Å². The van der Waals surface area contributed by atoms with E-state index in [2.05, 4.69) is 10.0 Å². The number of hydrogen-bond donors (Lipinski definition) is 3. The van der Waals surface area contributed by atoms with Crippen LogP contribution in [0.2, 0.25) is 0 Å². The maximum absolute atomic E-state index is 12.6. The van der Waals surface area contributed by atoms with E-state index in [9.17, 15) is 18.0 Å². The minimum atomic E-state index is -4.01. The van der Waals surface area contributed by atoms with E-state index in [-0.39, 0.29) is 26.4 Å². The molecule has 1 aromatic heterocycles. The molecule has 0 fully saturated rings. The van der Waals surface area contributed by atoms with E-state index in [0.29, 0.717) is 16.9 Å². The largest absolute Gasteiger partial charge is 0.477 e. The van der Waals surface area contributed by atoms with Crippen LogP contribution in [-0.4, -0.2) is 31.4 Å². The van der Waals surface area contributed by atoms with Crippen LogP contribution in [-0.2, 0) is 10.0 Å². The SMILES string of the molecule is Cc1cc(S(=O)(=O)Nc2ccccc2C(=O)NC(C)C)sc1C(=O)O. The number of anilines is 1. The van der Waals surface area contributed by atoms with Gasteiger partial charge in [0.15, 0.2) is 0 Å². The predicted octanol–water partition coefficient (Wildman–Crippen LogP) is 2.69. The third-order valence-corrected chi connectivity index (χ3v) is 6.25. The van der Waals surface area contributed by atoms with Gasteiger partial charge in [-0.05, 0) is 44.5 Å². The van der Waals surface area contributed by atoms with Crippen molar-refractivity contribution in [2.75, 3.05) is 4.72 Å². The quantitative estimate of drug-likeness (QED) is 0.711. The highest BCUT2D eigenvalue weighted by molar-refractivity contribution is 7.94. The molecule has 134 valence electrons. The van der Waals surface area contributed by atoms with Crippen molar-refractivity contribution in [1.29, 1.82) is 0 Å². The molecule has 0 aliphatic carbocycles. The predicted molar refractivity (Wildman–Crippen MR) is 95.9 cm³/mol. The van der Waals surface area contributed by atoms with Crippen molar-refractivity contribution in [2.45, 2.75) is 31.0 Å². The van der Waals surface area contributed by atoms with Crippen molar-refractivity contribution in [2.24, 2.45) is 0 Å². The Hall–Kier alpha value is -2.39. The van der Waals surface area contributed by atoms with Gasteiger partial charge in [0.2, 0.25) is 0 Å². The molecule has 0 bridgehead atoms. The first-order chi connectivity index (χ1) is 11.6. The lowest BCUT2D eigenvalue weighted by Gasteiger charge is -2.13. The first-order valence-corrected chi connectivity index (χ1v) is 9.68. The Morgan fingerprint density at radius 2 is 1.84 bits per heavy atom. The molecule has 25 heavy (non-hydrogen) atoms. The Morgan fingerprint density at radius 1 is 1.20 bits per heavy atom. The van der Waals surface area contributed by atoms with Gasteiger partial charge in [-0.15, -0.1) is 11.3 Å². The number of sulfonamides is 1. The molecule has 1 heterocycles. The summed E-state index contributed by atoms with van der Waals surface area (Å²) in [5.41, 5.74) is 0.679. The highest BCUT2D eigenvalue weighted by atomic mass is 32.2. The molecule has 0 aliphatic heterocycles. The molecule has 0 radical (unpaired) electrons. The number of benzene rings is 1. The Kier molecular flexibility index (Phi) is 5.48. The van der Waals surface area contributed by atoms with E-state index in [1.165, 1.54) is 25.1 Å². The van der Waals surface area contributed by atoms with E-state index < -0.39 is 21.9 Å². The van der Waals surface area contributed by atoms with Crippen molar-refractivity contribution in [3.63, 3.8) is 0 Å². The molecular formula is C16H18N2O5S2. The number of carbonyl (C=O) groups is 2. The monoisotopic (exact) mass is 382 g/mol. The number of carboxylic acid groups (broad SMARTS) is 1. The molecule has 0 spiro atoms. The van der Waals surface area contributed by atoms with Gasteiger partial charge in [0.1, 0.15) is 9.09 Å². The van der Waals surface area contributed by atoms with Crippen LogP contribution in [0.5, 0.6) is 0 Å². The Bertz CT molecular complexity index is 916. The van der Waals surface area contributed by atoms with Crippen molar-refractivity contribution in [3.05, 3.63) is 46.3 Å². The van der Waals surface area contributed by atoms with Crippen molar-refractivity contribution in [1.82, 2.24) is 5.32 Å². The second-order valence-electron chi connectivity index (χ2n) is 5.66. The molecule has 0 saturated heterocycles. The molecule has 0 aliphatic rings. The Morgan fingerprint density at radius 3 is 2.40 bits per heavy atom. The number of rotatable bonds is 6. The molecular weight excluding hydrogens is 364 g/mol. The summed E-state index contributed by atoms with van der Waals surface area (Å²) in [5, 5.41) is 11.8. The Balaban J connectivity index is 2.37. The van der Waals surface area contributed by atoms with Crippen LogP contribution in [0, 0.1) is 6.92 Å². The van der Waals surface area contributed by atoms with E-state index >= 15 is 0 Å². The van der Waals surface area contributed by atoms with Crippen LogP contribution < -0.4 is 10.0 Å². The lowest BCUT2D eigenvalue weighted by molar-refractivity contribution is 0.0701. The zero-order valence-electron chi connectivity index (χ0n) is 13.9. The molecule has 0 atom stereocenters. The zero-order chi connectivity index (χ0) is 18.8. The maximum Gasteiger partial charge on any atom is 0.346 e. The molecule has 3 N–H and O–H groups in total. The normalized spacial score (nSPS) is 11.4. The third kappa shape index (κ3) is 4.37. The summed E-state index contributed by atoms with van der Waals surface area (Å²) in [6, 6.07) is 7.42. The topological polar surface area (TPSA) is 113 Å². The second kappa shape index (κ2) is 7.24. The van der Waals surface area contributed by atoms with Gasteiger partial charge >= 0.3 is 5.97 Å². The lowest BCUT2D eigenvalue weighted by atomic mass is 10.1. The summed E-state index contributed by atoms with van der Waals surface area (Å²) < 4.78 is 27.4. The van der Waals surface area contributed by atoms with Gasteiger partial charge in [0, 0.05) is 6.04 Å². The van der Waals surface area contributed by atoms with E-state index in [4.69, 9.17) is 5.11 Å². The summed E-state index contributed by atoms with van der Waals surface area (Å²) in [7, 11) is -4.01. The molecule has 0 saturated carbocycles. The van der Waals surface area contributed by atoms with Crippen molar-refractivity contribution < 1.29 is 23.1 Å². The molecule has 0 unspecified atom stereocenters. The van der Waals surface area contributed by atoms with Crippen LogP contribution in [0.3, 0.4) is 0 Å². The van der Waals surface area contributed by atoms with E-state index in [1.807, 2.05) is 0 Å². The van der Waals surface area contributed by atoms with Crippen LogP contribution >= 0.6 is 11.3 Å². The average molecular weight is 382 g/mol. The molecule has 1 aromatic carbocycles. The third-order valence-electron chi connectivity index (χ3n) is 3.19. The van der Waals surface area contributed by atoms with Crippen molar-refractivity contribution in [3.8, 4) is 0 Å². The highest BCUT2D eigenvalue weighted by Crippen LogP contribution is 2.28. The second-order valence-corrected chi connectivity index (χ2v) is 8.62. The number of amides is 1. The van der Waals surface area contributed by atoms with Crippen LogP contribution in [0.4, 0.5) is 5.69 Å². The maximum atomic E-state index is 12.6. The number of para-hydroxylation sites is 1. The highest BCUT2D eigenvalue weighted by Gasteiger charge is 2.23. The van der Waals surface area contributed by atoms with Crippen molar-refractivity contribution >= 4 is 38.9 Å². The first-order valence-electron chi connectivity index (χ1n) is 7.38. The number of aromatic carboxylic acids is 1. The lowest BCUT2D eigenvalue weighted by Crippen LogP contribution is -2.31. The fourth-order valence-electron chi connectivity index (χ4n) is 2.10. The summed E-state index contributed by atoms with van der Waals surface area (Å²) in [5.74, 6) is -1.58. The Labute approximate surface area is 149 Å². The number of hydrogen-bond acceptors (Lipinski definition) is 5. The smallest absolute Gasteiger partial charge is 0.346 e. The number of aryl methyl sites for hydroxylation is 1. The van der Waals surface area contributed by atoms with Gasteiger partial charge in [0.05, 0.1) is 11.3 Å². The fraction of sp³-hybridized carbons (Fsp3) is 0.250. The van der Waals surface area contributed by atoms with E-state index in [0.717, 1.165) is 0 Å². The van der Waals surface area contributed by atoms with Gasteiger partial charge in [-0.3, -0.25) is 9.52 Å². The molecule has 2 aromatic rings. The zero-order valence-corrected chi connectivity index (χ0v) is 15.5. The van der Waals surface area contributed by atoms with Gasteiger partial charge < -0.3 is 10.4 Å². The van der Waals surface area contributed by atoms with Crippen LogP contribution in [0.1, 0.15) is 39.4 Å².